The van der Waals surface area contributed by atoms with Crippen molar-refractivity contribution in [3.63, 3.8) is 0 Å². The Bertz CT molecular complexity index is 926. The molecule has 0 aromatic heterocycles. The quantitative estimate of drug-likeness (QED) is 0.252. The Kier molecular flexibility index (Phi) is 13.3. The summed E-state index contributed by atoms with van der Waals surface area (Å²) in [7, 11) is 0. The molecule has 4 saturated carbocycles. The summed E-state index contributed by atoms with van der Waals surface area (Å²) in [5, 5.41) is 0. The van der Waals surface area contributed by atoms with Crippen molar-refractivity contribution in [1.82, 2.24) is 19.6 Å². The van der Waals surface area contributed by atoms with Crippen LogP contribution in [0, 0.1) is 11.8 Å². The van der Waals surface area contributed by atoms with Crippen molar-refractivity contribution in [2.24, 2.45) is 11.8 Å². The van der Waals surface area contributed by atoms with Crippen LogP contribution in [0.5, 0.6) is 0 Å². The van der Waals surface area contributed by atoms with E-state index in [0.717, 1.165) is 104 Å². The Hall–Kier alpha value is -0.900. The first-order valence-corrected chi connectivity index (χ1v) is 20.9. The molecular weight excluding hydrogens is 600 g/mol. The molecule has 0 aromatic carbocycles. The van der Waals surface area contributed by atoms with Crippen LogP contribution in [-0.2, 0) is 18.9 Å². The van der Waals surface area contributed by atoms with Gasteiger partial charge in [-0.15, -0.1) is 0 Å². The van der Waals surface area contributed by atoms with Crippen LogP contribution in [0.2, 0.25) is 0 Å². The molecule has 0 atom stereocenters. The summed E-state index contributed by atoms with van der Waals surface area (Å²) in [6, 6.07) is 3.53. The minimum atomic E-state index is 0.580. The standard InChI is InChI=1S/C40H70N4O4/c1-2-48-40(33-8-10-34(11-9-33)41-20-26-45-27-21-41)39(32-6-4-3-5-7-32)44(37-16-12-35(13-17-37)42-22-28-46-29-23-42)38-18-14-36(15-19-38)43-24-30-47-31-25-43/h32-38H,2-31H2,1H3/b40-39-. The Balaban J connectivity index is 1.15. The molecule has 0 aromatic rings. The number of nitrogens with zero attached hydrogens (tertiary/aromatic N) is 4. The lowest BCUT2D eigenvalue weighted by atomic mass is 9.77. The van der Waals surface area contributed by atoms with Gasteiger partial charge in [-0.25, -0.2) is 0 Å². The van der Waals surface area contributed by atoms with Gasteiger partial charge in [0.25, 0.3) is 0 Å². The third-order valence-corrected chi connectivity index (χ3v) is 13.7. The highest BCUT2D eigenvalue weighted by Gasteiger charge is 2.42. The van der Waals surface area contributed by atoms with E-state index < -0.39 is 0 Å². The van der Waals surface area contributed by atoms with Crippen LogP contribution in [0.4, 0.5) is 0 Å². The summed E-state index contributed by atoms with van der Waals surface area (Å²) in [5.41, 5.74) is 1.72. The summed E-state index contributed by atoms with van der Waals surface area (Å²) >= 11 is 0. The third kappa shape index (κ3) is 8.75. The van der Waals surface area contributed by atoms with Gasteiger partial charge < -0.3 is 23.8 Å². The lowest BCUT2D eigenvalue weighted by Crippen LogP contribution is -2.53. The first-order chi connectivity index (χ1) is 23.8. The predicted molar refractivity (Wildman–Crippen MR) is 192 cm³/mol. The molecule has 7 aliphatic rings. The number of ether oxygens (including phenoxy) is 4. The number of allylic oxidation sites excluding steroid dienone is 2. The zero-order chi connectivity index (χ0) is 32.5. The Labute approximate surface area is 293 Å². The number of hydrogen-bond acceptors (Lipinski definition) is 8. The van der Waals surface area contributed by atoms with E-state index in [1.807, 2.05) is 0 Å². The number of hydrogen-bond donors (Lipinski definition) is 0. The maximum atomic E-state index is 7.03. The fourth-order valence-electron chi connectivity index (χ4n) is 11.1. The highest BCUT2D eigenvalue weighted by molar-refractivity contribution is 5.19. The molecule has 3 saturated heterocycles. The van der Waals surface area contributed by atoms with Crippen LogP contribution in [-0.4, -0.2) is 135 Å². The van der Waals surface area contributed by atoms with Crippen LogP contribution in [0.25, 0.3) is 0 Å². The third-order valence-electron chi connectivity index (χ3n) is 13.7. The van der Waals surface area contributed by atoms with E-state index in [4.69, 9.17) is 18.9 Å². The van der Waals surface area contributed by atoms with Crippen molar-refractivity contribution >= 4 is 0 Å². The Morgan fingerprint density at radius 3 is 1.29 bits per heavy atom. The first-order valence-electron chi connectivity index (χ1n) is 20.9. The minimum Gasteiger partial charge on any atom is -0.496 e. The van der Waals surface area contributed by atoms with Crippen molar-refractivity contribution < 1.29 is 18.9 Å². The lowest BCUT2D eigenvalue weighted by molar-refractivity contribution is -0.0133. The average molecular weight is 671 g/mol. The van der Waals surface area contributed by atoms with Crippen molar-refractivity contribution in [3.8, 4) is 0 Å². The molecule has 3 aliphatic heterocycles. The van der Waals surface area contributed by atoms with Crippen molar-refractivity contribution in [3.05, 3.63) is 11.5 Å². The summed E-state index contributed by atoms with van der Waals surface area (Å²) in [6.45, 7) is 15.3. The molecule has 4 aliphatic carbocycles. The van der Waals surface area contributed by atoms with Crippen molar-refractivity contribution in [1.29, 1.82) is 0 Å². The van der Waals surface area contributed by atoms with E-state index in [9.17, 15) is 0 Å². The normalized spacial score (nSPS) is 36.4. The van der Waals surface area contributed by atoms with Gasteiger partial charge in [0.2, 0.25) is 0 Å². The van der Waals surface area contributed by atoms with E-state index in [1.165, 1.54) is 115 Å². The van der Waals surface area contributed by atoms with E-state index in [0.29, 0.717) is 23.9 Å². The zero-order valence-corrected chi connectivity index (χ0v) is 30.7. The average Bonchev–Trinajstić information content (AvgIpc) is 3.18. The SMILES string of the molecule is CCO/C(=C(/C1CCCCC1)N(C1CCC(N2CCOCC2)CC1)C1CCC(N2CCOCC2)CC1)C1CCC(N2CCOCC2)CC1. The second kappa shape index (κ2) is 18.0. The molecule has 7 rings (SSSR count). The molecule has 0 N–H and O–H groups in total. The van der Waals surface area contributed by atoms with Crippen LogP contribution >= 0.6 is 0 Å². The van der Waals surface area contributed by atoms with Gasteiger partial charge in [0.1, 0.15) is 5.76 Å². The maximum absolute atomic E-state index is 7.03. The predicted octanol–water partition coefficient (Wildman–Crippen LogP) is 6.29. The van der Waals surface area contributed by atoms with E-state index in [1.54, 1.807) is 5.70 Å². The summed E-state index contributed by atoms with van der Waals surface area (Å²) in [5.74, 6) is 2.71. The molecule has 0 spiro atoms. The van der Waals surface area contributed by atoms with Gasteiger partial charge in [-0.05, 0) is 96.8 Å². The molecule has 3 heterocycles. The molecule has 8 nitrogen and oxygen atoms in total. The smallest absolute Gasteiger partial charge is 0.118 e. The highest BCUT2D eigenvalue weighted by Crippen LogP contribution is 2.45. The molecule has 0 radical (unpaired) electrons. The van der Waals surface area contributed by atoms with E-state index in [2.05, 4.69) is 26.5 Å². The maximum Gasteiger partial charge on any atom is 0.118 e. The van der Waals surface area contributed by atoms with Crippen molar-refractivity contribution in [2.75, 3.05) is 85.5 Å². The van der Waals surface area contributed by atoms with Crippen molar-refractivity contribution in [2.45, 2.75) is 146 Å². The molecule has 8 heteroatoms. The zero-order valence-electron chi connectivity index (χ0n) is 30.7. The molecular formula is C40H70N4O4. The van der Waals surface area contributed by atoms with Gasteiger partial charge in [0, 0.05) is 81.3 Å². The van der Waals surface area contributed by atoms with E-state index in [-0.39, 0.29) is 0 Å². The Morgan fingerprint density at radius 1 is 0.500 bits per heavy atom. The van der Waals surface area contributed by atoms with Gasteiger partial charge in [0.15, 0.2) is 0 Å². The molecule has 274 valence electrons. The second-order valence-corrected chi connectivity index (χ2v) is 16.3. The van der Waals surface area contributed by atoms with Gasteiger partial charge in [0.05, 0.1) is 51.9 Å². The molecule has 7 fully saturated rings. The molecule has 0 amide bonds. The number of rotatable bonds is 10. The lowest BCUT2D eigenvalue weighted by Gasteiger charge is -2.51. The summed E-state index contributed by atoms with van der Waals surface area (Å²) in [6.07, 6.45) is 22.8. The van der Waals surface area contributed by atoms with E-state index >= 15 is 0 Å². The van der Waals surface area contributed by atoms with Gasteiger partial charge in [-0.1, -0.05) is 19.3 Å². The van der Waals surface area contributed by atoms with Crippen LogP contribution in [0.3, 0.4) is 0 Å². The largest absolute Gasteiger partial charge is 0.496 e. The fourth-order valence-corrected chi connectivity index (χ4v) is 11.1. The van der Waals surface area contributed by atoms with Crippen LogP contribution in [0.1, 0.15) is 116 Å². The highest BCUT2D eigenvalue weighted by atomic mass is 16.5. The Morgan fingerprint density at radius 2 is 0.896 bits per heavy atom. The van der Waals surface area contributed by atoms with Gasteiger partial charge in [-0.2, -0.15) is 0 Å². The summed E-state index contributed by atoms with van der Waals surface area (Å²) < 4.78 is 24.2. The topological polar surface area (TPSA) is 49.9 Å². The minimum absolute atomic E-state index is 0.580. The van der Waals surface area contributed by atoms with Gasteiger partial charge in [-0.3, -0.25) is 14.7 Å². The first kappa shape index (κ1) is 35.5. The van der Waals surface area contributed by atoms with Crippen LogP contribution < -0.4 is 0 Å². The second-order valence-electron chi connectivity index (χ2n) is 16.3. The number of morpholine rings is 3. The van der Waals surface area contributed by atoms with Crippen LogP contribution in [0.15, 0.2) is 11.5 Å². The molecule has 0 bridgehead atoms. The molecule has 0 unspecified atom stereocenters. The molecule has 48 heavy (non-hydrogen) atoms. The van der Waals surface area contributed by atoms with Gasteiger partial charge >= 0.3 is 0 Å². The summed E-state index contributed by atoms with van der Waals surface area (Å²) in [4.78, 5) is 11.4. The monoisotopic (exact) mass is 671 g/mol. The fraction of sp³-hybridized carbons (Fsp3) is 0.950.